The number of benzene rings is 4. The minimum atomic E-state index is -0.0102. The highest BCUT2D eigenvalue weighted by Crippen LogP contribution is 2.34. The van der Waals surface area contributed by atoms with Crippen molar-refractivity contribution in [1.82, 2.24) is 4.90 Å². The van der Waals surface area contributed by atoms with Crippen LogP contribution in [-0.4, -0.2) is 43.1 Å². The van der Waals surface area contributed by atoms with E-state index in [-0.39, 0.29) is 18.3 Å². The fourth-order valence-electron chi connectivity index (χ4n) is 5.56. The number of hydrogen-bond donors (Lipinski definition) is 0. The second kappa shape index (κ2) is 12.3. The predicted octanol–water partition coefficient (Wildman–Crippen LogP) is 6.56. The van der Waals surface area contributed by atoms with Crippen molar-refractivity contribution in [3.8, 4) is 28.4 Å². The van der Waals surface area contributed by atoms with Crippen molar-refractivity contribution in [2.45, 2.75) is 25.7 Å². The first-order valence-electron chi connectivity index (χ1n) is 14.2. The van der Waals surface area contributed by atoms with E-state index in [1.165, 1.54) is 5.56 Å². The van der Waals surface area contributed by atoms with Gasteiger partial charge < -0.3 is 19.1 Å². The van der Waals surface area contributed by atoms with Crippen molar-refractivity contribution in [2.75, 3.05) is 26.5 Å². The first-order valence-corrected chi connectivity index (χ1v) is 14.2. The molecule has 0 bridgehead atoms. The molecule has 1 saturated heterocycles. The van der Waals surface area contributed by atoms with E-state index in [1.807, 2.05) is 89.8 Å². The maximum absolute atomic E-state index is 13.0. The third-order valence-electron chi connectivity index (χ3n) is 7.98. The zero-order valence-electron chi connectivity index (χ0n) is 23.0. The number of aryl methyl sites for hydroxylation is 1. The van der Waals surface area contributed by atoms with Gasteiger partial charge in [-0.1, -0.05) is 78.9 Å². The normalized spacial score (nSPS) is 14.6. The molecule has 2 heterocycles. The van der Waals surface area contributed by atoms with Crippen LogP contribution in [0.3, 0.4) is 0 Å². The van der Waals surface area contributed by atoms with E-state index in [2.05, 4.69) is 12.1 Å². The van der Waals surface area contributed by atoms with Crippen molar-refractivity contribution in [1.29, 1.82) is 0 Å². The molecule has 4 aromatic carbocycles. The average Bonchev–Trinajstić information content (AvgIpc) is 3.51. The molecule has 6 nitrogen and oxygen atoms in total. The summed E-state index contributed by atoms with van der Waals surface area (Å²) in [4.78, 5) is 27.7. The number of nitrogens with zero attached hydrogens (tertiary/aromatic N) is 1. The largest absolute Gasteiger partial charge is 0.483 e. The van der Waals surface area contributed by atoms with Crippen LogP contribution in [0.2, 0.25) is 0 Å². The van der Waals surface area contributed by atoms with Crippen molar-refractivity contribution in [2.24, 2.45) is 5.92 Å². The van der Waals surface area contributed by atoms with Crippen molar-refractivity contribution >= 4 is 11.7 Å². The molecule has 6 heteroatoms. The molecule has 6 rings (SSSR count). The van der Waals surface area contributed by atoms with Crippen molar-refractivity contribution < 1.29 is 23.8 Å². The molecule has 1 amide bonds. The van der Waals surface area contributed by atoms with Crippen LogP contribution in [-0.2, 0) is 11.2 Å². The standard InChI is InChI=1S/C35H33NO5/c37-34(36-20-18-25(19-21-36)10-11-26-12-17-32-33(22-26)41-24-40-32)23-39-31-9-5-4-8-30(31)27-13-15-29(16-14-27)35(38)28-6-2-1-3-7-28/h1-9,12-17,22,25H,10-11,18-21,23-24H2. The SMILES string of the molecule is O=C(c1ccccc1)c1ccc(-c2ccccc2OCC(=O)N2CCC(CCc3ccc4c(c3)OCO4)CC2)cc1. The Balaban J connectivity index is 1.00. The lowest BCUT2D eigenvalue weighted by Crippen LogP contribution is -2.41. The minimum absolute atomic E-state index is 0.00343. The summed E-state index contributed by atoms with van der Waals surface area (Å²) in [6, 6.07) is 30.7. The molecule has 0 atom stereocenters. The van der Waals surface area contributed by atoms with Gasteiger partial charge in [0.1, 0.15) is 5.75 Å². The molecule has 0 spiro atoms. The first kappa shape index (κ1) is 26.6. The Morgan fingerprint density at radius 1 is 0.780 bits per heavy atom. The fraction of sp³-hybridized carbons (Fsp3) is 0.257. The number of ketones is 1. The quantitative estimate of drug-likeness (QED) is 0.222. The van der Waals surface area contributed by atoms with Crippen LogP contribution >= 0.6 is 0 Å². The number of fused-ring (bicyclic) bond motifs is 1. The van der Waals surface area contributed by atoms with Crippen LogP contribution in [0.5, 0.6) is 17.2 Å². The lowest BCUT2D eigenvalue weighted by atomic mass is 9.90. The highest BCUT2D eigenvalue weighted by atomic mass is 16.7. The number of amides is 1. The molecule has 2 aliphatic heterocycles. The van der Waals surface area contributed by atoms with Crippen LogP contribution in [0.25, 0.3) is 11.1 Å². The zero-order chi connectivity index (χ0) is 28.0. The summed E-state index contributed by atoms with van der Waals surface area (Å²) in [5.41, 5.74) is 4.38. The van der Waals surface area contributed by atoms with Gasteiger partial charge in [-0.2, -0.15) is 0 Å². The van der Waals surface area contributed by atoms with Gasteiger partial charge in [0.25, 0.3) is 5.91 Å². The second-order valence-electron chi connectivity index (χ2n) is 10.6. The molecule has 0 aliphatic carbocycles. The lowest BCUT2D eigenvalue weighted by molar-refractivity contribution is -0.134. The summed E-state index contributed by atoms with van der Waals surface area (Å²) in [6.07, 6.45) is 4.10. The zero-order valence-corrected chi connectivity index (χ0v) is 23.0. The maximum atomic E-state index is 13.0. The Hall–Kier alpha value is -4.58. The van der Waals surface area contributed by atoms with E-state index in [0.717, 1.165) is 61.4 Å². The molecule has 4 aromatic rings. The van der Waals surface area contributed by atoms with E-state index < -0.39 is 0 Å². The molecular weight excluding hydrogens is 514 g/mol. The highest BCUT2D eigenvalue weighted by Gasteiger charge is 2.24. The Labute approximate surface area is 240 Å². The van der Waals surface area contributed by atoms with Gasteiger partial charge in [-0.25, -0.2) is 0 Å². The van der Waals surface area contributed by atoms with Crippen LogP contribution in [0.1, 0.15) is 40.7 Å². The number of ether oxygens (including phenoxy) is 3. The average molecular weight is 548 g/mol. The van der Waals surface area contributed by atoms with E-state index in [1.54, 1.807) is 0 Å². The molecule has 0 saturated carbocycles. The molecule has 0 radical (unpaired) electrons. The van der Waals surface area contributed by atoms with Gasteiger partial charge in [0, 0.05) is 29.8 Å². The van der Waals surface area contributed by atoms with E-state index in [9.17, 15) is 9.59 Å². The van der Waals surface area contributed by atoms with Gasteiger partial charge in [-0.05, 0) is 60.9 Å². The molecule has 0 unspecified atom stereocenters. The summed E-state index contributed by atoms with van der Waals surface area (Å²) >= 11 is 0. The second-order valence-corrected chi connectivity index (χ2v) is 10.6. The summed E-state index contributed by atoms with van der Waals surface area (Å²) in [5.74, 6) is 2.91. The summed E-state index contributed by atoms with van der Waals surface area (Å²) in [7, 11) is 0. The number of hydrogen-bond acceptors (Lipinski definition) is 5. The molecule has 1 fully saturated rings. The van der Waals surface area contributed by atoms with Gasteiger partial charge in [-0.3, -0.25) is 9.59 Å². The topological polar surface area (TPSA) is 65.1 Å². The Bertz CT molecular complexity index is 1510. The van der Waals surface area contributed by atoms with Crippen LogP contribution in [0, 0.1) is 5.92 Å². The van der Waals surface area contributed by atoms with Crippen molar-refractivity contribution in [3.63, 3.8) is 0 Å². The maximum Gasteiger partial charge on any atom is 0.260 e. The number of carbonyl (C=O) groups excluding carboxylic acids is 2. The number of likely N-dealkylation sites (tertiary alicyclic amines) is 1. The summed E-state index contributed by atoms with van der Waals surface area (Å²) in [5, 5.41) is 0. The fourth-order valence-corrected chi connectivity index (χ4v) is 5.56. The Morgan fingerprint density at radius 3 is 2.29 bits per heavy atom. The lowest BCUT2D eigenvalue weighted by Gasteiger charge is -2.32. The first-order chi connectivity index (χ1) is 20.1. The molecule has 208 valence electrons. The van der Waals surface area contributed by atoms with E-state index in [4.69, 9.17) is 14.2 Å². The van der Waals surface area contributed by atoms with Gasteiger partial charge in [0.05, 0.1) is 0 Å². The van der Waals surface area contributed by atoms with Gasteiger partial charge in [0.2, 0.25) is 6.79 Å². The van der Waals surface area contributed by atoms with Gasteiger partial charge >= 0.3 is 0 Å². The van der Waals surface area contributed by atoms with Crippen LogP contribution in [0.15, 0.2) is 97.1 Å². The number of carbonyl (C=O) groups is 2. The number of piperidine rings is 1. The molecule has 2 aliphatic rings. The number of para-hydroxylation sites is 1. The predicted molar refractivity (Wildman–Crippen MR) is 157 cm³/mol. The van der Waals surface area contributed by atoms with Crippen LogP contribution < -0.4 is 14.2 Å². The Kier molecular flexibility index (Phi) is 7.99. The molecule has 41 heavy (non-hydrogen) atoms. The van der Waals surface area contributed by atoms with Crippen molar-refractivity contribution in [3.05, 3.63) is 114 Å². The molecular formula is C35H33NO5. The smallest absolute Gasteiger partial charge is 0.260 e. The third kappa shape index (κ3) is 6.27. The van der Waals surface area contributed by atoms with Gasteiger partial charge in [0.15, 0.2) is 23.9 Å². The minimum Gasteiger partial charge on any atom is -0.483 e. The van der Waals surface area contributed by atoms with E-state index >= 15 is 0 Å². The highest BCUT2D eigenvalue weighted by molar-refractivity contribution is 6.09. The third-order valence-corrected chi connectivity index (χ3v) is 7.98. The summed E-state index contributed by atoms with van der Waals surface area (Å²) < 4.78 is 16.9. The summed E-state index contributed by atoms with van der Waals surface area (Å²) in [6.45, 7) is 1.81. The Morgan fingerprint density at radius 2 is 1.49 bits per heavy atom. The monoisotopic (exact) mass is 547 g/mol. The molecule has 0 N–H and O–H groups in total. The van der Waals surface area contributed by atoms with Crippen LogP contribution in [0.4, 0.5) is 0 Å². The van der Waals surface area contributed by atoms with E-state index in [0.29, 0.717) is 29.6 Å². The number of rotatable bonds is 9. The molecule has 0 aromatic heterocycles. The van der Waals surface area contributed by atoms with Gasteiger partial charge in [-0.15, -0.1) is 0 Å².